The number of hydrogen-bond donors (Lipinski definition) is 1. The van der Waals surface area contributed by atoms with Crippen LogP contribution in [0.2, 0.25) is 0 Å². The number of carbonyl (C=O) groups is 1. The van der Waals surface area contributed by atoms with Crippen LogP contribution in [0.1, 0.15) is 21.5 Å². The number of carbonyl (C=O) groups excluding carboxylic acids is 1. The lowest BCUT2D eigenvalue weighted by Gasteiger charge is -2.07. The summed E-state index contributed by atoms with van der Waals surface area (Å²) in [6.45, 7) is 2.10. The monoisotopic (exact) mass is 300 g/mol. The summed E-state index contributed by atoms with van der Waals surface area (Å²) in [6.07, 6.45) is 0. The molecule has 1 N–H and O–H groups in total. The van der Waals surface area contributed by atoms with E-state index in [2.05, 4.69) is 5.32 Å². The van der Waals surface area contributed by atoms with Crippen LogP contribution in [0.4, 0.5) is 11.4 Å². The molecule has 0 heterocycles. The highest BCUT2D eigenvalue weighted by atomic mass is 16.6. The van der Waals surface area contributed by atoms with Gasteiger partial charge in [0.1, 0.15) is 12.3 Å². The van der Waals surface area contributed by atoms with Crippen molar-refractivity contribution >= 4 is 17.3 Å². The quantitative estimate of drug-likeness (QED) is 0.520. The molecule has 0 saturated carbocycles. The predicted octanol–water partition coefficient (Wildman–Crippen LogP) is 3.30. The van der Waals surface area contributed by atoms with E-state index in [1.165, 1.54) is 18.2 Å². The van der Waals surface area contributed by atoms with Crippen LogP contribution in [-0.4, -0.2) is 17.9 Å². The van der Waals surface area contributed by atoms with Gasteiger partial charge in [-0.15, -0.1) is 0 Å². The topological polar surface area (TPSA) is 81.5 Å². The molecule has 0 saturated heterocycles. The van der Waals surface area contributed by atoms with Crippen molar-refractivity contribution in [1.29, 1.82) is 0 Å². The normalized spacial score (nSPS) is 10.1. The van der Waals surface area contributed by atoms with Crippen molar-refractivity contribution in [2.45, 2.75) is 13.5 Å². The van der Waals surface area contributed by atoms with Gasteiger partial charge >= 0.3 is 5.97 Å². The SMILES string of the molecule is CNc1ccc(C(=O)OCc2ccc(C)cc2)cc1[N+](=O)[O-]. The summed E-state index contributed by atoms with van der Waals surface area (Å²) in [6, 6.07) is 11.8. The summed E-state index contributed by atoms with van der Waals surface area (Å²) >= 11 is 0. The van der Waals surface area contributed by atoms with Gasteiger partial charge in [-0.3, -0.25) is 10.1 Å². The minimum absolute atomic E-state index is 0.126. The molecule has 0 unspecified atom stereocenters. The third-order valence-corrected chi connectivity index (χ3v) is 3.19. The Bertz CT molecular complexity index is 696. The van der Waals surface area contributed by atoms with Crippen molar-refractivity contribution in [3.63, 3.8) is 0 Å². The number of nitrogens with one attached hydrogen (secondary N) is 1. The van der Waals surface area contributed by atoms with Crippen LogP contribution in [-0.2, 0) is 11.3 Å². The maximum Gasteiger partial charge on any atom is 0.338 e. The van der Waals surface area contributed by atoms with E-state index < -0.39 is 10.9 Å². The van der Waals surface area contributed by atoms with Gasteiger partial charge in [-0.1, -0.05) is 29.8 Å². The number of benzene rings is 2. The van der Waals surface area contributed by atoms with Crippen molar-refractivity contribution in [3.05, 3.63) is 69.3 Å². The number of nitrogens with zero attached hydrogens (tertiary/aromatic N) is 1. The molecule has 0 aliphatic rings. The van der Waals surface area contributed by atoms with Gasteiger partial charge in [-0.25, -0.2) is 4.79 Å². The average Bonchev–Trinajstić information content (AvgIpc) is 2.53. The molecule has 0 aromatic heterocycles. The van der Waals surface area contributed by atoms with E-state index in [-0.39, 0.29) is 17.9 Å². The highest BCUT2D eigenvalue weighted by molar-refractivity contribution is 5.91. The molecular formula is C16H16N2O4. The number of aryl methyl sites for hydroxylation is 1. The third-order valence-electron chi connectivity index (χ3n) is 3.19. The largest absolute Gasteiger partial charge is 0.457 e. The Balaban J connectivity index is 2.10. The zero-order valence-electron chi connectivity index (χ0n) is 12.3. The number of nitro groups is 1. The standard InChI is InChI=1S/C16H16N2O4/c1-11-3-5-12(6-4-11)10-22-16(19)13-7-8-14(17-2)15(9-13)18(20)21/h3-9,17H,10H2,1-2H3. The van der Waals surface area contributed by atoms with E-state index >= 15 is 0 Å². The summed E-state index contributed by atoms with van der Waals surface area (Å²) in [5.41, 5.74) is 2.32. The number of anilines is 1. The number of rotatable bonds is 5. The first-order valence-corrected chi connectivity index (χ1v) is 6.70. The minimum atomic E-state index is -0.591. The number of hydrogen-bond acceptors (Lipinski definition) is 5. The van der Waals surface area contributed by atoms with E-state index in [1.807, 2.05) is 31.2 Å². The Labute approximate surface area is 127 Å². The van der Waals surface area contributed by atoms with Crippen molar-refractivity contribution in [1.82, 2.24) is 0 Å². The molecule has 2 aromatic rings. The molecule has 0 radical (unpaired) electrons. The molecule has 0 aliphatic heterocycles. The van der Waals surface area contributed by atoms with Crippen LogP contribution >= 0.6 is 0 Å². The van der Waals surface area contributed by atoms with Gasteiger partial charge in [0.25, 0.3) is 5.69 Å². The fourth-order valence-electron chi connectivity index (χ4n) is 1.94. The van der Waals surface area contributed by atoms with E-state index in [9.17, 15) is 14.9 Å². The van der Waals surface area contributed by atoms with Gasteiger partial charge in [0.15, 0.2) is 0 Å². The van der Waals surface area contributed by atoms with Crippen LogP contribution in [0.3, 0.4) is 0 Å². The van der Waals surface area contributed by atoms with Gasteiger partial charge in [-0.2, -0.15) is 0 Å². The first-order valence-electron chi connectivity index (χ1n) is 6.70. The van der Waals surface area contributed by atoms with E-state index in [0.29, 0.717) is 5.69 Å². The van der Waals surface area contributed by atoms with Crippen LogP contribution in [0.25, 0.3) is 0 Å². The van der Waals surface area contributed by atoms with Crippen molar-refractivity contribution in [2.24, 2.45) is 0 Å². The summed E-state index contributed by atoms with van der Waals surface area (Å²) in [5.74, 6) is -0.591. The molecule has 6 heteroatoms. The third kappa shape index (κ3) is 3.60. The number of nitro benzene ring substituents is 1. The minimum Gasteiger partial charge on any atom is -0.457 e. The molecule has 2 aromatic carbocycles. The smallest absolute Gasteiger partial charge is 0.338 e. The second-order valence-corrected chi connectivity index (χ2v) is 4.80. The molecule has 2 rings (SSSR count). The summed E-state index contributed by atoms with van der Waals surface area (Å²) in [7, 11) is 1.58. The van der Waals surface area contributed by atoms with Crippen molar-refractivity contribution in [2.75, 3.05) is 12.4 Å². The summed E-state index contributed by atoms with van der Waals surface area (Å²) in [4.78, 5) is 22.4. The van der Waals surface area contributed by atoms with Gasteiger partial charge in [0, 0.05) is 13.1 Å². The Morgan fingerprint density at radius 2 is 1.91 bits per heavy atom. The molecule has 114 valence electrons. The predicted molar refractivity (Wildman–Crippen MR) is 82.9 cm³/mol. The van der Waals surface area contributed by atoms with E-state index in [4.69, 9.17) is 4.74 Å². The van der Waals surface area contributed by atoms with Gasteiger partial charge in [0.05, 0.1) is 10.5 Å². The molecule has 0 spiro atoms. The summed E-state index contributed by atoms with van der Waals surface area (Å²) < 4.78 is 5.18. The molecule has 0 bridgehead atoms. The first kappa shape index (κ1) is 15.5. The second-order valence-electron chi connectivity index (χ2n) is 4.80. The molecule has 0 atom stereocenters. The lowest BCUT2D eigenvalue weighted by Crippen LogP contribution is -2.07. The Kier molecular flexibility index (Phi) is 4.73. The fraction of sp³-hybridized carbons (Fsp3) is 0.188. The molecule has 0 amide bonds. The highest BCUT2D eigenvalue weighted by Crippen LogP contribution is 2.25. The van der Waals surface area contributed by atoms with Crippen molar-refractivity contribution < 1.29 is 14.5 Å². The van der Waals surface area contributed by atoms with Gasteiger partial charge in [-0.05, 0) is 24.6 Å². The Morgan fingerprint density at radius 3 is 2.50 bits per heavy atom. The fourth-order valence-corrected chi connectivity index (χ4v) is 1.94. The summed E-state index contributed by atoms with van der Waals surface area (Å²) in [5, 5.41) is 13.7. The van der Waals surface area contributed by atoms with Crippen LogP contribution in [0.15, 0.2) is 42.5 Å². The van der Waals surface area contributed by atoms with E-state index in [0.717, 1.165) is 11.1 Å². The van der Waals surface area contributed by atoms with Crippen LogP contribution in [0.5, 0.6) is 0 Å². The highest BCUT2D eigenvalue weighted by Gasteiger charge is 2.17. The van der Waals surface area contributed by atoms with E-state index in [1.54, 1.807) is 7.05 Å². The molecule has 22 heavy (non-hydrogen) atoms. The number of esters is 1. The Morgan fingerprint density at radius 1 is 1.23 bits per heavy atom. The molecular weight excluding hydrogens is 284 g/mol. The van der Waals surface area contributed by atoms with Crippen LogP contribution in [0, 0.1) is 17.0 Å². The Hall–Kier alpha value is -2.89. The maximum absolute atomic E-state index is 12.0. The average molecular weight is 300 g/mol. The van der Waals surface area contributed by atoms with Crippen LogP contribution < -0.4 is 5.32 Å². The molecule has 6 nitrogen and oxygen atoms in total. The van der Waals surface area contributed by atoms with Gasteiger partial charge < -0.3 is 10.1 Å². The molecule has 0 aliphatic carbocycles. The lowest BCUT2D eigenvalue weighted by molar-refractivity contribution is -0.384. The molecule has 0 fully saturated rings. The zero-order valence-corrected chi connectivity index (χ0v) is 12.3. The first-order chi connectivity index (χ1) is 10.5. The number of ether oxygens (including phenoxy) is 1. The second kappa shape index (κ2) is 6.71. The van der Waals surface area contributed by atoms with Gasteiger partial charge in [0.2, 0.25) is 0 Å². The zero-order chi connectivity index (χ0) is 16.1. The maximum atomic E-state index is 12.0. The van der Waals surface area contributed by atoms with Crippen molar-refractivity contribution in [3.8, 4) is 0 Å². The lowest BCUT2D eigenvalue weighted by atomic mass is 10.1.